The van der Waals surface area contributed by atoms with Crippen LogP contribution in [0, 0.1) is 11.8 Å². The van der Waals surface area contributed by atoms with Crippen molar-refractivity contribution in [1.82, 2.24) is 10.2 Å². The van der Waals surface area contributed by atoms with Crippen LogP contribution in [0.15, 0.2) is 0 Å². The first-order valence-electron chi connectivity index (χ1n) is 9.90. The molecule has 0 aromatic heterocycles. The molecule has 7 nitrogen and oxygen atoms in total. The summed E-state index contributed by atoms with van der Waals surface area (Å²) in [7, 11) is 0. The zero-order valence-electron chi connectivity index (χ0n) is 16.4. The van der Waals surface area contributed by atoms with Crippen LogP contribution in [0.3, 0.4) is 0 Å². The van der Waals surface area contributed by atoms with Gasteiger partial charge < -0.3 is 20.1 Å². The predicted molar refractivity (Wildman–Crippen MR) is 102 cm³/mol. The Morgan fingerprint density at radius 1 is 1.41 bits per heavy atom. The average molecular weight is 399 g/mol. The molecule has 3 heterocycles. The van der Waals surface area contributed by atoms with Crippen molar-refractivity contribution in [1.29, 1.82) is 0 Å². The number of likely N-dealkylation sites (tertiary alicyclic amines) is 1. The lowest BCUT2D eigenvalue weighted by Crippen LogP contribution is -2.57. The molecule has 0 aromatic rings. The Hall–Kier alpha value is -1.28. The number of nitrogens with one attached hydrogen (secondary N) is 1. The third-order valence-electron chi connectivity index (χ3n) is 6.05. The van der Waals surface area contributed by atoms with Gasteiger partial charge in [-0.15, -0.1) is 11.8 Å². The fourth-order valence-corrected chi connectivity index (χ4v) is 7.26. The molecule has 2 unspecified atom stereocenters. The third-order valence-corrected chi connectivity index (χ3v) is 8.00. The highest BCUT2D eigenvalue weighted by atomic mass is 32.2. The molecule has 0 saturated carbocycles. The molecule has 0 aromatic carbocycles. The van der Waals surface area contributed by atoms with Crippen molar-refractivity contribution < 1.29 is 24.2 Å². The summed E-state index contributed by atoms with van der Waals surface area (Å²) >= 11 is 1.62. The number of aliphatic hydroxyl groups excluding tert-OH is 1. The summed E-state index contributed by atoms with van der Waals surface area (Å²) in [6, 6.07) is -1.14. The highest BCUT2D eigenvalue weighted by Gasteiger charge is 2.74. The van der Waals surface area contributed by atoms with Gasteiger partial charge in [0.25, 0.3) is 0 Å². The van der Waals surface area contributed by atoms with Crippen molar-refractivity contribution in [2.45, 2.75) is 75.1 Å². The number of ether oxygens (including phenoxy) is 1. The molecule has 1 spiro atoms. The van der Waals surface area contributed by atoms with E-state index < -0.39 is 28.7 Å². The molecule has 6 atom stereocenters. The van der Waals surface area contributed by atoms with Crippen LogP contribution >= 0.6 is 11.8 Å². The lowest BCUT2D eigenvalue weighted by atomic mass is 9.71. The average Bonchev–Trinajstić information content (AvgIpc) is 3.24. The number of amides is 2. The van der Waals surface area contributed by atoms with Gasteiger partial charge in [0.15, 0.2) is 0 Å². The number of hydrogen-bond donors (Lipinski definition) is 2. The molecule has 27 heavy (non-hydrogen) atoms. The van der Waals surface area contributed by atoms with Crippen LogP contribution < -0.4 is 5.32 Å². The van der Waals surface area contributed by atoms with Gasteiger partial charge in [-0.05, 0) is 40.0 Å². The zero-order chi connectivity index (χ0) is 19.9. The molecule has 3 rings (SSSR count). The van der Waals surface area contributed by atoms with E-state index in [-0.39, 0.29) is 42.3 Å². The van der Waals surface area contributed by atoms with Gasteiger partial charge in [-0.1, -0.05) is 6.92 Å². The summed E-state index contributed by atoms with van der Waals surface area (Å²) in [6.45, 7) is 7.50. The molecule has 3 fully saturated rings. The predicted octanol–water partition coefficient (Wildman–Crippen LogP) is 0.936. The van der Waals surface area contributed by atoms with Crippen LogP contribution in [0.25, 0.3) is 0 Å². The second kappa shape index (κ2) is 7.62. The smallest absolute Gasteiger partial charge is 0.310 e. The summed E-state index contributed by atoms with van der Waals surface area (Å²) in [5, 5.41) is 12.8. The van der Waals surface area contributed by atoms with Crippen LogP contribution in [-0.2, 0) is 19.1 Å². The minimum Gasteiger partial charge on any atom is -0.466 e. The van der Waals surface area contributed by atoms with E-state index in [1.165, 1.54) is 0 Å². The highest BCUT2D eigenvalue weighted by Crippen LogP contribution is 2.66. The molecule has 2 amide bonds. The Labute approximate surface area is 164 Å². The third kappa shape index (κ3) is 3.05. The first-order valence-corrected chi connectivity index (χ1v) is 10.8. The minimum absolute atomic E-state index is 0.0173. The summed E-state index contributed by atoms with van der Waals surface area (Å²) in [6.07, 6.45) is 2.07. The van der Waals surface area contributed by atoms with Gasteiger partial charge in [0.1, 0.15) is 6.04 Å². The summed E-state index contributed by atoms with van der Waals surface area (Å²) in [5.41, 5.74) is 0. The molecule has 8 heteroatoms. The SMILES string of the molecule is CCOC(=O)[C@@H]1[C@@H]2CCC3(S2)C(C(=O)NC(C)C)N([C@@H](CC)CO)C(=O)[C@H]13. The first-order chi connectivity index (χ1) is 12.8. The van der Waals surface area contributed by atoms with Gasteiger partial charge in [0.2, 0.25) is 11.8 Å². The van der Waals surface area contributed by atoms with E-state index in [4.69, 9.17) is 4.74 Å². The molecule has 2 bridgehead atoms. The fraction of sp³-hybridized carbons (Fsp3) is 0.842. The van der Waals surface area contributed by atoms with E-state index in [0.29, 0.717) is 6.42 Å². The molecule has 0 aliphatic carbocycles. The number of carbonyl (C=O) groups is 3. The van der Waals surface area contributed by atoms with Crippen LogP contribution in [0.2, 0.25) is 0 Å². The van der Waals surface area contributed by atoms with E-state index in [9.17, 15) is 19.5 Å². The topological polar surface area (TPSA) is 95.9 Å². The molecular weight excluding hydrogens is 368 g/mol. The second-order valence-electron chi connectivity index (χ2n) is 7.96. The van der Waals surface area contributed by atoms with E-state index in [1.54, 1.807) is 23.6 Å². The Bertz CT molecular complexity index is 623. The van der Waals surface area contributed by atoms with Gasteiger partial charge in [-0.25, -0.2) is 0 Å². The summed E-state index contributed by atoms with van der Waals surface area (Å²) < 4.78 is 4.66. The van der Waals surface area contributed by atoms with Crippen molar-refractivity contribution >= 4 is 29.5 Å². The van der Waals surface area contributed by atoms with Crippen molar-refractivity contribution in [2.24, 2.45) is 11.8 Å². The second-order valence-corrected chi connectivity index (χ2v) is 9.56. The zero-order valence-corrected chi connectivity index (χ0v) is 17.3. The number of nitrogens with zero attached hydrogens (tertiary/aromatic N) is 1. The van der Waals surface area contributed by atoms with Gasteiger partial charge >= 0.3 is 5.97 Å². The van der Waals surface area contributed by atoms with E-state index in [1.807, 2.05) is 20.8 Å². The van der Waals surface area contributed by atoms with E-state index >= 15 is 0 Å². The minimum atomic E-state index is -0.663. The number of hydrogen-bond acceptors (Lipinski definition) is 6. The molecule has 3 saturated heterocycles. The summed E-state index contributed by atoms with van der Waals surface area (Å²) in [4.78, 5) is 40.8. The number of rotatable bonds is 7. The van der Waals surface area contributed by atoms with Crippen LogP contribution in [-0.4, -0.2) is 69.1 Å². The molecule has 2 N–H and O–H groups in total. The molecule has 152 valence electrons. The largest absolute Gasteiger partial charge is 0.466 e. The lowest BCUT2D eigenvalue weighted by molar-refractivity contribution is -0.154. The number of esters is 1. The van der Waals surface area contributed by atoms with E-state index in [0.717, 1.165) is 12.8 Å². The Morgan fingerprint density at radius 2 is 2.11 bits per heavy atom. The lowest BCUT2D eigenvalue weighted by Gasteiger charge is -2.37. The molecule has 3 aliphatic heterocycles. The fourth-order valence-electron chi connectivity index (χ4n) is 5.07. The summed E-state index contributed by atoms with van der Waals surface area (Å²) in [5.74, 6) is -1.77. The molecule has 0 radical (unpaired) electrons. The molecule has 3 aliphatic rings. The number of aliphatic hydroxyl groups is 1. The van der Waals surface area contributed by atoms with Crippen molar-refractivity contribution in [3.63, 3.8) is 0 Å². The van der Waals surface area contributed by atoms with Crippen molar-refractivity contribution in [2.75, 3.05) is 13.2 Å². The monoisotopic (exact) mass is 398 g/mol. The number of carbonyl (C=O) groups excluding carboxylic acids is 3. The van der Waals surface area contributed by atoms with Crippen LogP contribution in [0.5, 0.6) is 0 Å². The normalized spacial score (nSPS) is 35.5. The maximum absolute atomic E-state index is 13.5. The number of thioether (sulfide) groups is 1. The Kier molecular flexibility index (Phi) is 5.77. The van der Waals surface area contributed by atoms with Crippen molar-refractivity contribution in [3.8, 4) is 0 Å². The highest BCUT2D eigenvalue weighted by molar-refractivity contribution is 8.02. The van der Waals surface area contributed by atoms with Gasteiger partial charge in [0, 0.05) is 11.3 Å². The van der Waals surface area contributed by atoms with Crippen LogP contribution in [0.1, 0.15) is 47.0 Å². The van der Waals surface area contributed by atoms with Gasteiger partial charge in [-0.3, -0.25) is 14.4 Å². The maximum atomic E-state index is 13.5. The van der Waals surface area contributed by atoms with Crippen LogP contribution in [0.4, 0.5) is 0 Å². The maximum Gasteiger partial charge on any atom is 0.310 e. The van der Waals surface area contributed by atoms with E-state index in [2.05, 4.69) is 5.32 Å². The quantitative estimate of drug-likeness (QED) is 0.620. The van der Waals surface area contributed by atoms with Crippen molar-refractivity contribution in [3.05, 3.63) is 0 Å². The number of fused-ring (bicyclic) bond motifs is 1. The Morgan fingerprint density at radius 3 is 2.67 bits per heavy atom. The molecular formula is C19H30N2O5S. The standard InChI is InChI=1S/C19H30N2O5S/c1-5-11(9-22)21-15(16(23)20-10(3)4)19-8-7-12(27-19)13(14(19)17(21)24)18(25)26-6-2/h10-15,22H,5-9H2,1-4H3,(H,20,23)/t11-,12-,13+,14-,15?,19?/m0/s1. The Balaban J connectivity index is 2.03. The first kappa shape index (κ1) is 20.5. The van der Waals surface area contributed by atoms with Gasteiger partial charge in [0.05, 0.1) is 35.8 Å². The van der Waals surface area contributed by atoms with Gasteiger partial charge in [-0.2, -0.15) is 0 Å².